The molecule has 3 rings (SSSR count). The van der Waals surface area contributed by atoms with Crippen LogP contribution in [0.2, 0.25) is 0 Å². The van der Waals surface area contributed by atoms with Gasteiger partial charge in [-0.25, -0.2) is 10.2 Å². The molecular formula is C17H14N4O4. The van der Waals surface area contributed by atoms with E-state index in [4.69, 9.17) is 4.84 Å². The number of carbonyl (C=O) groups excluding carboxylic acids is 1. The maximum atomic E-state index is 12.0. The molecule has 0 saturated carbocycles. The Morgan fingerprint density at radius 3 is 2.56 bits per heavy atom. The summed E-state index contributed by atoms with van der Waals surface area (Å²) >= 11 is 0. The van der Waals surface area contributed by atoms with Crippen LogP contribution < -0.4 is 5.48 Å². The molecule has 0 atom stereocenters. The zero-order chi connectivity index (χ0) is 17.6. The second-order valence-electron chi connectivity index (χ2n) is 5.15. The first-order chi connectivity index (χ1) is 12.1. The number of aromatic nitrogens is 2. The van der Waals surface area contributed by atoms with E-state index in [-0.39, 0.29) is 12.3 Å². The van der Waals surface area contributed by atoms with Gasteiger partial charge in [0.15, 0.2) is 0 Å². The van der Waals surface area contributed by atoms with Gasteiger partial charge >= 0.3 is 0 Å². The van der Waals surface area contributed by atoms with Crippen LogP contribution in [0, 0.1) is 10.1 Å². The van der Waals surface area contributed by atoms with E-state index in [0.717, 1.165) is 5.56 Å². The predicted molar refractivity (Wildman–Crippen MR) is 88.9 cm³/mol. The van der Waals surface area contributed by atoms with Crippen molar-refractivity contribution in [3.8, 4) is 5.69 Å². The summed E-state index contributed by atoms with van der Waals surface area (Å²) < 4.78 is 1.45. The van der Waals surface area contributed by atoms with Gasteiger partial charge < -0.3 is 0 Å². The van der Waals surface area contributed by atoms with Crippen LogP contribution in [0.4, 0.5) is 5.69 Å². The zero-order valence-electron chi connectivity index (χ0n) is 13.0. The largest absolute Gasteiger partial charge is 0.278 e. The number of nitro groups is 1. The van der Waals surface area contributed by atoms with Crippen molar-refractivity contribution in [3.05, 3.63) is 88.2 Å². The van der Waals surface area contributed by atoms with Crippen LogP contribution in [-0.4, -0.2) is 20.6 Å². The molecule has 0 aliphatic heterocycles. The van der Waals surface area contributed by atoms with E-state index in [1.807, 2.05) is 30.3 Å². The third-order valence-corrected chi connectivity index (χ3v) is 3.42. The molecule has 2 aromatic carbocycles. The number of nitrogens with one attached hydrogen (secondary N) is 1. The zero-order valence-corrected chi connectivity index (χ0v) is 13.0. The summed E-state index contributed by atoms with van der Waals surface area (Å²) in [5, 5.41) is 14.7. The Balaban J connectivity index is 1.60. The Labute approximate surface area is 142 Å². The number of rotatable bonds is 6. The minimum atomic E-state index is -0.476. The van der Waals surface area contributed by atoms with Crippen molar-refractivity contribution in [1.82, 2.24) is 15.3 Å². The van der Waals surface area contributed by atoms with E-state index >= 15 is 0 Å². The molecular weight excluding hydrogens is 324 g/mol. The molecule has 0 aliphatic rings. The Morgan fingerprint density at radius 2 is 1.88 bits per heavy atom. The number of nitro benzene ring substituents is 1. The predicted octanol–water partition coefficient (Wildman–Crippen LogP) is 2.64. The molecule has 25 heavy (non-hydrogen) atoms. The van der Waals surface area contributed by atoms with Crippen molar-refractivity contribution < 1.29 is 14.6 Å². The van der Waals surface area contributed by atoms with Crippen molar-refractivity contribution in [2.24, 2.45) is 0 Å². The molecule has 0 bridgehead atoms. The smallest absolute Gasteiger partial charge is 0.269 e. The third-order valence-electron chi connectivity index (χ3n) is 3.42. The number of hydroxylamine groups is 1. The van der Waals surface area contributed by atoms with E-state index in [0.29, 0.717) is 11.3 Å². The number of benzene rings is 2. The number of nitrogens with zero attached hydrogens (tertiary/aromatic N) is 3. The molecule has 8 nitrogen and oxygen atoms in total. The summed E-state index contributed by atoms with van der Waals surface area (Å²) in [6.07, 6.45) is 2.91. The van der Waals surface area contributed by atoms with Crippen molar-refractivity contribution in [3.63, 3.8) is 0 Å². The highest BCUT2D eigenvalue weighted by Gasteiger charge is 2.11. The van der Waals surface area contributed by atoms with Gasteiger partial charge in [0.05, 0.1) is 29.0 Å². The number of non-ortho nitro benzene ring substituents is 1. The first kappa shape index (κ1) is 16.3. The summed E-state index contributed by atoms with van der Waals surface area (Å²) in [5.74, 6) is -0.427. The van der Waals surface area contributed by atoms with E-state index in [9.17, 15) is 14.9 Å². The lowest BCUT2D eigenvalue weighted by Crippen LogP contribution is -2.23. The normalized spacial score (nSPS) is 10.4. The first-order valence-electron chi connectivity index (χ1n) is 7.39. The molecule has 0 fully saturated rings. The number of amides is 1. The van der Waals surface area contributed by atoms with Crippen LogP contribution in [0.15, 0.2) is 67.0 Å². The van der Waals surface area contributed by atoms with Crippen molar-refractivity contribution in [1.29, 1.82) is 0 Å². The lowest BCUT2D eigenvalue weighted by atomic mass is 10.2. The van der Waals surface area contributed by atoms with Crippen LogP contribution in [-0.2, 0) is 11.4 Å². The van der Waals surface area contributed by atoms with Gasteiger partial charge in [-0.2, -0.15) is 5.10 Å². The monoisotopic (exact) mass is 338 g/mol. The second kappa shape index (κ2) is 7.37. The summed E-state index contributed by atoms with van der Waals surface area (Å²) in [6.45, 7) is 0.253. The van der Waals surface area contributed by atoms with Crippen molar-refractivity contribution >= 4 is 11.6 Å². The van der Waals surface area contributed by atoms with Crippen LogP contribution in [0.25, 0.3) is 5.69 Å². The summed E-state index contributed by atoms with van der Waals surface area (Å²) in [6, 6.07) is 15.3. The van der Waals surface area contributed by atoms with Gasteiger partial charge in [-0.05, 0) is 17.7 Å². The Hall–Kier alpha value is -3.52. The highest BCUT2D eigenvalue weighted by molar-refractivity contribution is 5.93. The molecule has 1 amide bonds. The van der Waals surface area contributed by atoms with E-state index in [1.165, 1.54) is 29.2 Å². The maximum absolute atomic E-state index is 12.0. The number of carbonyl (C=O) groups is 1. The van der Waals surface area contributed by atoms with Crippen molar-refractivity contribution in [2.75, 3.05) is 0 Å². The van der Waals surface area contributed by atoms with Gasteiger partial charge in [-0.15, -0.1) is 0 Å². The van der Waals surface area contributed by atoms with E-state index < -0.39 is 10.8 Å². The molecule has 1 aromatic heterocycles. The van der Waals surface area contributed by atoms with Gasteiger partial charge in [-0.3, -0.25) is 19.7 Å². The lowest BCUT2D eigenvalue weighted by molar-refractivity contribution is -0.384. The quantitative estimate of drug-likeness (QED) is 0.550. The van der Waals surface area contributed by atoms with Crippen molar-refractivity contribution in [2.45, 2.75) is 6.61 Å². The third kappa shape index (κ3) is 4.06. The fourth-order valence-electron chi connectivity index (χ4n) is 2.13. The van der Waals surface area contributed by atoms with Crippen LogP contribution in [0.3, 0.4) is 0 Å². The van der Waals surface area contributed by atoms with Gasteiger partial charge in [0.1, 0.15) is 0 Å². The molecule has 3 aromatic rings. The molecule has 0 radical (unpaired) electrons. The molecule has 1 heterocycles. The van der Waals surface area contributed by atoms with Gasteiger partial charge in [0.2, 0.25) is 0 Å². The summed E-state index contributed by atoms with van der Waals surface area (Å²) in [5.41, 5.74) is 4.20. The number of hydrogen-bond acceptors (Lipinski definition) is 5. The second-order valence-corrected chi connectivity index (χ2v) is 5.15. The Morgan fingerprint density at radius 1 is 1.16 bits per heavy atom. The Kier molecular flexibility index (Phi) is 4.82. The molecule has 0 saturated heterocycles. The molecule has 0 unspecified atom stereocenters. The van der Waals surface area contributed by atoms with Gasteiger partial charge in [-0.1, -0.05) is 30.3 Å². The Bertz CT molecular complexity index is 875. The average Bonchev–Trinajstić information content (AvgIpc) is 3.13. The fraction of sp³-hybridized carbons (Fsp3) is 0.0588. The molecule has 8 heteroatoms. The highest BCUT2D eigenvalue weighted by Crippen LogP contribution is 2.15. The highest BCUT2D eigenvalue weighted by atomic mass is 16.7. The topological polar surface area (TPSA) is 99.3 Å². The van der Waals surface area contributed by atoms with Crippen LogP contribution >= 0.6 is 0 Å². The minimum absolute atomic E-state index is 0.0109. The summed E-state index contributed by atoms with van der Waals surface area (Å²) in [7, 11) is 0. The maximum Gasteiger partial charge on any atom is 0.278 e. The first-order valence-corrected chi connectivity index (χ1v) is 7.39. The molecule has 0 aliphatic carbocycles. The van der Waals surface area contributed by atoms with Crippen LogP contribution in [0.1, 0.15) is 15.9 Å². The number of hydrogen-bond donors (Lipinski definition) is 1. The lowest BCUT2D eigenvalue weighted by Gasteiger charge is -2.04. The molecule has 0 spiro atoms. The van der Waals surface area contributed by atoms with Gasteiger partial charge in [0, 0.05) is 18.3 Å². The molecule has 126 valence electrons. The minimum Gasteiger partial charge on any atom is -0.269 e. The SMILES string of the molecule is O=C(NOCc1ccccc1)c1cnn(-c2ccc([N+](=O)[O-])cc2)c1. The van der Waals surface area contributed by atoms with Gasteiger partial charge in [0.25, 0.3) is 11.6 Å². The molecule has 1 N–H and O–H groups in total. The van der Waals surface area contributed by atoms with E-state index in [1.54, 1.807) is 12.1 Å². The standard InChI is InChI=1S/C17H14N4O4/c22-17(19-25-12-13-4-2-1-3-5-13)14-10-18-20(11-14)15-6-8-16(9-7-15)21(23)24/h1-11H,12H2,(H,19,22). The fourth-order valence-corrected chi connectivity index (χ4v) is 2.13. The van der Waals surface area contributed by atoms with E-state index in [2.05, 4.69) is 10.6 Å². The average molecular weight is 338 g/mol. The van der Waals surface area contributed by atoms with Crippen LogP contribution in [0.5, 0.6) is 0 Å². The summed E-state index contributed by atoms with van der Waals surface area (Å²) in [4.78, 5) is 27.4.